The number of ether oxygens (including phenoxy) is 1. The monoisotopic (exact) mass is 453 g/mol. The minimum atomic E-state index is -3.87. The Morgan fingerprint density at radius 2 is 2.09 bits per heavy atom. The molecule has 7 nitrogen and oxygen atoms in total. The van der Waals surface area contributed by atoms with E-state index in [1.165, 1.54) is 4.31 Å². The largest absolute Gasteiger partial charge is 0.493 e. The fraction of sp³-hybridized carbons (Fsp3) is 0.417. The van der Waals surface area contributed by atoms with Crippen LogP contribution in [0.3, 0.4) is 0 Å². The van der Waals surface area contributed by atoms with Gasteiger partial charge in [-0.3, -0.25) is 9.78 Å². The van der Waals surface area contributed by atoms with Crippen LogP contribution in [0.2, 0.25) is 0 Å². The first-order valence-corrected chi connectivity index (χ1v) is 12.5. The van der Waals surface area contributed by atoms with Gasteiger partial charge in [-0.1, -0.05) is 12.1 Å². The fourth-order valence-corrected chi connectivity index (χ4v) is 7.09. The minimum Gasteiger partial charge on any atom is -0.493 e. The molecule has 32 heavy (non-hydrogen) atoms. The number of pyridine rings is 1. The topological polar surface area (TPSA) is 79.8 Å². The van der Waals surface area contributed by atoms with Crippen molar-refractivity contribution in [2.45, 2.75) is 49.2 Å². The summed E-state index contributed by atoms with van der Waals surface area (Å²) in [7, 11) is -3.87. The summed E-state index contributed by atoms with van der Waals surface area (Å²) in [4.78, 5) is 20.0. The lowest BCUT2D eigenvalue weighted by Gasteiger charge is -2.40. The molecule has 5 rings (SSSR count). The number of hydrogen-bond donors (Lipinski definition) is 0. The number of carbonyl (C=O) groups is 1. The molecule has 0 N–H and O–H groups in total. The van der Waals surface area contributed by atoms with Gasteiger partial charge in [-0.25, -0.2) is 8.42 Å². The van der Waals surface area contributed by atoms with Crippen molar-refractivity contribution in [2.24, 2.45) is 5.92 Å². The van der Waals surface area contributed by atoms with Crippen LogP contribution in [0.25, 0.3) is 0 Å². The second-order valence-corrected chi connectivity index (χ2v) is 10.5. The third-order valence-electron chi connectivity index (χ3n) is 6.75. The fourth-order valence-electron chi connectivity index (χ4n) is 5.17. The van der Waals surface area contributed by atoms with E-state index in [0.29, 0.717) is 39.0 Å². The highest BCUT2D eigenvalue weighted by atomic mass is 32.2. The van der Waals surface area contributed by atoms with Crippen LogP contribution in [-0.2, 0) is 27.8 Å². The van der Waals surface area contributed by atoms with Crippen molar-refractivity contribution in [2.75, 3.05) is 13.2 Å². The molecule has 2 aromatic rings. The Morgan fingerprint density at radius 1 is 1.22 bits per heavy atom. The Labute approximate surface area is 188 Å². The van der Waals surface area contributed by atoms with Gasteiger partial charge in [0.25, 0.3) is 0 Å². The normalized spacial score (nSPS) is 25.7. The summed E-state index contributed by atoms with van der Waals surface area (Å²) >= 11 is 0. The van der Waals surface area contributed by atoms with Gasteiger partial charge in [0.05, 0.1) is 23.7 Å². The Hall–Kier alpha value is -2.71. The summed E-state index contributed by atoms with van der Waals surface area (Å²) in [6, 6.07) is 9.63. The molecule has 0 aliphatic carbocycles. The molecule has 3 unspecified atom stereocenters. The van der Waals surface area contributed by atoms with E-state index < -0.39 is 16.1 Å². The average molecular weight is 454 g/mol. The van der Waals surface area contributed by atoms with Gasteiger partial charge in [-0.05, 0) is 55.2 Å². The van der Waals surface area contributed by atoms with Gasteiger partial charge in [0.2, 0.25) is 15.9 Å². The van der Waals surface area contributed by atoms with E-state index in [0.717, 1.165) is 23.4 Å². The Morgan fingerprint density at radius 3 is 2.88 bits per heavy atom. The molecule has 2 fully saturated rings. The van der Waals surface area contributed by atoms with Crippen molar-refractivity contribution in [3.05, 3.63) is 66.5 Å². The Kier molecular flexibility index (Phi) is 5.51. The van der Waals surface area contributed by atoms with E-state index in [-0.39, 0.29) is 22.8 Å². The molecular weight excluding hydrogens is 426 g/mol. The van der Waals surface area contributed by atoms with Crippen molar-refractivity contribution in [3.8, 4) is 5.75 Å². The van der Waals surface area contributed by atoms with Crippen LogP contribution in [0.1, 0.15) is 30.5 Å². The van der Waals surface area contributed by atoms with Crippen molar-refractivity contribution >= 4 is 15.9 Å². The number of rotatable bonds is 5. The molecule has 8 heteroatoms. The van der Waals surface area contributed by atoms with Crippen molar-refractivity contribution < 1.29 is 17.9 Å². The molecule has 1 amide bonds. The lowest BCUT2D eigenvalue weighted by molar-refractivity contribution is -0.135. The molecule has 1 aromatic carbocycles. The van der Waals surface area contributed by atoms with Gasteiger partial charge >= 0.3 is 0 Å². The summed E-state index contributed by atoms with van der Waals surface area (Å²) in [5, 5.41) is 0. The number of piperidine rings is 1. The maximum atomic E-state index is 13.9. The Balaban J connectivity index is 1.53. The summed E-state index contributed by atoms with van der Waals surface area (Å²) in [5.74, 6) is 0.430. The van der Waals surface area contributed by atoms with Gasteiger partial charge in [-0.15, -0.1) is 6.58 Å². The standard InChI is InChI=1S/C24H27N3O4S/c1-2-17-15-26(16-19-6-3-4-12-25-19)24(28)22-8-5-7-21(17)27(22)32(29,30)20-9-10-23-18(14-20)11-13-31-23/h2-4,6,9-10,12,14,17,21-22H,1,5,7-8,11,13,15-16H2. The smallest absolute Gasteiger partial charge is 0.244 e. The highest BCUT2D eigenvalue weighted by Gasteiger charge is 2.49. The number of benzene rings is 1. The molecule has 3 atom stereocenters. The van der Waals surface area contributed by atoms with E-state index in [9.17, 15) is 13.2 Å². The second kappa shape index (κ2) is 8.33. The van der Waals surface area contributed by atoms with Gasteiger partial charge in [0.1, 0.15) is 11.8 Å². The van der Waals surface area contributed by atoms with E-state index >= 15 is 0 Å². The quantitative estimate of drug-likeness (QED) is 0.651. The van der Waals surface area contributed by atoms with E-state index in [4.69, 9.17) is 4.74 Å². The number of carbonyl (C=O) groups excluding carboxylic acids is 1. The highest BCUT2D eigenvalue weighted by molar-refractivity contribution is 7.89. The van der Waals surface area contributed by atoms with Crippen LogP contribution in [0.5, 0.6) is 5.75 Å². The van der Waals surface area contributed by atoms with Crippen LogP contribution < -0.4 is 4.74 Å². The summed E-state index contributed by atoms with van der Waals surface area (Å²) in [6.07, 6.45) is 6.24. The van der Waals surface area contributed by atoms with Crippen LogP contribution in [0.4, 0.5) is 0 Å². The number of sulfonamides is 1. The lowest BCUT2D eigenvalue weighted by atomic mass is 9.90. The van der Waals surface area contributed by atoms with Crippen molar-refractivity contribution in [1.82, 2.24) is 14.2 Å². The summed E-state index contributed by atoms with van der Waals surface area (Å²) in [5.41, 5.74) is 1.68. The van der Waals surface area contributed by atoms with E-state index in [1.54, 1.807) is 35.4 Å². The zero-order valence-electron chi connectivity index (χ0n) is 17.9. The van der Waals surface area contributed by atoms with Gasteiger partial charge < -0.3 is 9.64 Å². The number of fused-ring (bicyclic) bond motifs is 3. The third-order valence-corrected chi connectivity index (χ3v) is 8.68. The molecule has 1 aromatic heterocycles. The predicted octanol–water partition coefficient (Wildman–Crippen LogP) is 2.77. The molecule has 3 aliphatic heterocycles. The third kappa shape index (κ3) is 3.61. The second-order valence-electron chi connectivity index (χ2n) is 8.66. The molecule has 0 saturated carbocycles. The number of amides is 1. The van der Waals surface area contributed by atoms with Gasteiger partial charge in [0, 0.05) is 31.1 Å². The lowest BCUT2D eigenvalue weighted by Crippen LogP contribution is -2.54. The molecule has 3 aliphatic rings. The molecule has 2 bridgehead atoms. The minimum absolute atomic E-state index is 0.152. The van der Waals surface area contributed by atoms with Crippen LogP contribution >= 0.6 is 0 Å². The molecular formula is C24H27N3O4S. The zero-order chi connectivity index (χ0) is 22.3. The predicted molar refractivity (Wildman–Crippen MR) is 119 cm³/mol. The van der Waals surface area contributed by atoms with Crippen LogP contribution in [0.15, 0.2) is 60.1 Å². The maximum Gasteiger partial charge on any atom is 0.244 e. The number of aromatic nitrogens is 1. The van der Waals surface area contributed by atoms with Crippen LogP contribution in [-0.4, -0.2) is 53.7 Å². The molecule has 168 valence electrons. The zero-order valence-corrected chi connectivity index (χ0v) is 18.7. The van der Waals surface area contributed by atoms with Gasteiger partial charge in [-0.2, -0.15) is 4.31 Å². The first-order chi connectivity index (χ1) is 15.5. The summed E-state index contributed by atoms with van der Waals surface area (Å²) < 4.78 is 34.8. The van der Waals surface area contributed by atoms with E-state index in [1.807, 2.05) is 18.2 Å². The molecule has 2 saturated heterocycles. The first kappa shape index (κ1) is 21.2. The Bertz CT molecular complexity index is 1140. The molecule has 4 heterocycles. The van der Waals surface area contributed by atoms with E-state index in [2.05, 4.69) is 11.6 Å². The van der Waals surface area contributed by atoms with Crippen molar-refractivity contribution in [3.63, 3.8) is 0 Å². The average Bonchev–Trinajstić information content (AvgIpc) is 3.27. The van der Waals surface area contributed by atoms with Crippen molar-refractivity contribution in [1.29, 1.82) is 0 Å². The molecule has 0 radical (unpaired) electrons. The summed E-state index contributed by atoms with van der Waals surface area (Å²) in [6.45, 7) is 5.34. The number of hydrogen-bond acceptors (Lipinski definition) is 5. The van der Waals surface area contributed by atoms with Crippen LogP contribution in [0, 0.1) is 5.92 Å². The SMILES string of the molecule is C=CC1CN(Cc2ccccn2)C(=O)C2CCCC1N2S(=O)(=O)c1ccc2c(c1)CCO2. The maximum absolute atomic E-state index is 13.9. The first-order valence-electron chi connectivity index (χ1n) is 11.1. The highest BCUT2D eigenvalue weighted by Crippen LogP contribution is 2.39. The van der Waals surface area contributed by atoms with Gasteiger partial charge in [0.15, 0.2) is 0 Å². The molecule has 0 spiro atoms. The number of nitrogens with zero attached hydrogens (tertiary/aromatic N) is 3.